The minimum absolute atomic E-state index is 0.00967. The van der Waals surface area contributed by atoms with E-state index in [1.165, 1.54) is 56.9 Å². The van der Waals surface area contributed by atoms with Crippen LogP contribution in [0.25, 0.3) is 0 Å². The van der Waals surface area contributed by atoms with Crippen LogP contribution in [0.2, 0.25) is 0 Å². The molecular weight excluding hydrogens is 543 g/mol. The maximum Gasteiger partial charge on any atom is 0.274 e. The first-order chi connectivity index (χ1) is 19.9. The van der Waals surface area contributed by atoms with Gasteiger partial charge in [-0.1, -0.05) is 65.5 Å². The fourth-order valence-corrected chi connectivity index (χ4v) is 11.3. The van der Waals surface area contributed by atoms with E-state index >= 15 is 0 Å². The topological polar surface area (TPSA) is 110 Å². The summed E-state index contributed by atoms with van der Waals surface area (Å²) in [5, 5.41) is 17.8. The molecule has 0 radical (unpaired) electrons. The number of nitrogens with one attached hydrogen (secondary N) is 3. The molecule has 3 saturated carbocycles. The van der Waals surface area contributed by atoms with E-state index < -0.39 is 13.2 Å². The van der Waals surface area contributed by atoms with Gasteiger partial charge in [0.2, 0.25) is 0 Å². The molecule has 9 atom stereocenters. The van der Waals surface area contributed by atoms with Crippen LogP contribution in [-0.2, 0) is 10.7 Å². The van der Waals surface area contributed by atoms with Crippen molar-refractivity contribution in [1.82, 2.24) is 20.4 Å². The summed E-state index contributed by atoms with van der Waals surface area (Å²) in [5.74, 6) is 5.44. The summed E-state index contributed by atoms with van der Waals surface area (Å²) in [4.78, 5) is 17.1. The van der Waals surface area contributed by atoms with E-state index in [0.717, 1.165) is 48.3 Å². The van der Waals surface area contributed by atoms with Gasteiger partial charge in [0.25, 0.3) is 7.52 Å². The molecule has 0 spiro atoms. The summed E-state index contributed by atoms with van der Waals surface area (Å²) in [6.45, 7) is 13.5. The number of rotatable bonds is 13. The molecule has 0 bridgehead atoms. The fourth-order valence-electron chi connectivity index (χ4n) is 10.1. The second-order valence-electron chi connectivity index (χ2n) is 15.6. The van der Waals surface area contributed by atoms with E-state index in [-0.39, 0.29) is 11.6 Å². The molecule has 4 aliphatic carbocycles. The third kappa shape index (κ3) is 6.81. The van der Waals surface area contributed by atoms with Gasteiger partial charge in [-0.2, -0.15) is 0 Å². The second kappa shape index (κ2) is 12.8. The largest absolute Gasteiger partial charge is 0.376 e. The average Bonchev–Trinajstić information content (AvgIpc) is 3.55. The Hall–Kier alpha value is -0.980. The lowest BCUT2D eigenvalue weighted by Gasteiger charge is -2.59. The van der Waals surface area contributed by atoms with Gasteiger partial charge < -0.3 is 15.0 Å². The van der Waals surface area contributed by atoms with Gasteiger partial charge in [0.15, 0.2) is 0 Å². The van der Waals surface area contributed by atoms with Crippen LogP contribution in [0.4, 0.5) is 0 Å². The van der Waals surface area contributed by atoms with Crippen LogP contribution in [0, 0.1) is 46.3 Å². The monoisotopic (exact) mass is 602 g/mol. The number of imidazole rings is 1. The summed E-state index contributed by atoms with van der Waals surface area (Å²) in [5.41, 5.74) is 1.29. The van der Waals surface area contributed by atoms with Crippen LogP contribution in [0.5, 0.6) is 0 Å². The lowest BCUT2D eigenvalue weighted by Crippen LogP contribution is -2.56. The first kappa shape index (κ1) is 32.4. The zero-order valence-corrected chi connectivity index (χ0v) is 27.9. The fraction of sp³-hybridized carbons (Fsp3) is 0.853. The lowest BCUT2D eigenvalue weighted by atomic mass is 9.46. The Morgan fingerprint density at radius 1 is 1.07 bits per heavy atom. The standard InChI is InChI=1S/C34H59N4O3P/c1-24(2)8-6-9-25(3)28-12-13-29-27-11-10-26-22-34(39,17-16-32(26,4)30(27)14-15-33(28,29)5)37-18-7-19-38-42(40,41)23-31-35-20-21-36-31/h10,20-21,24-25,27-30,37,39H,6-9,11-19,22-23H2,1-5H3,(H,35,36)(H2,38,40,41)/t25-,27?,28-,29?,30?,32+,33-,34?/m1/s1. The average molecular weight is 603 g/mol. The van der Waals surface area contributed by atoms with Crippen molar-refractivity contribution < 1.29 is 14.6 Å². The van der Waals surface area contributed by atoms with Crippen molar-refractivity contribution in [3.05, 3.63) is 29.9 Å². The van der Waals surface area contributed by atoms with E-state index in [1.54, 1.807) is 12.4 Å². The molecule has 42 heavy (non-hydrogen) atoms. The van der Waals surface area contributed by atoms with Crippen LogP contribution >= 0.6 is 7.52 Å². The third-order valence-electron chi connectivity index (χ3n) is 12.5. The number of H-pyrrole nitrogens is 1. The van der Waals surface area contributed by atoms with Crippen LogP contribution < -0.4 is 10.4 Å². The first-order valence-electron chi connectivity index (χ1n) is 17.1. The van der Waals surface area contributed by atoms with Gasteiger partial charge >= 0.3 is 0 Å². The number of aliphatic hydroxyl groups is 1. The summed E-state index contributed by atoms with van der Waals surface area (Å²) in [7, 11) is -3.49. The van der Waals surface area contributed by atoms with Crippen molar-refractivity contribution in [2.75, 3.05) is 13.1 Å². The predicted octanol–water partition coefficient (Wildman–Crippen LogP) is 7.39. The number of fused-ring (bicyclic) bond motifs is 5. The number of hydrogen-bond donors (Lipinski definition) is 5. The maximum atomic E-state index is 12.4. The zero-order chi connectivity index (χ0) is 30.2. The van der Waals surface area contributed by atoms with Crippen LogP contribution in [0.15, 0.2) is 24.0 Å². The van der Waals surface area contributed by atoms with Gasteiger partial charge in [0.05, 0.1) is 6.16 Å². The molecule has 0 aromatic carbocycles. The molecule has 0 aliphatic heterocycles. The van der Waals surface area contributed by atoms with Crippen molar-refractivity contribution in [2.45, 2.75) is 124 Å². The molecule has 5 unspecified atom stereocenters. The Morgan fingerprint density at radius 2 is 1.88 bits per heavy atom. The molecule has 4 aliphatic rings. The van der Waals surface area contributed by atoms with Crippen molar-refractivity contribution in [1.29, 1.82) is 0 Å². The molecule has 8 heteroatoms. The molecule has 1 aromatic heterocycles. The lowest BCUT2D eigenvalue weighted by molar-refractivity contribution is -0.0842. The van der Waals surface area contributed by atoms with E-state index in [1.807, 2.05) is 0 Å². The van der Waals surface area contributed by atoms with E-state index in [9.17, 15) is 14.6 Å². The van der Waals surface area contributed by atoms with E-state index in [2.05, 4.69) is 61.1 Å². The SMILES string of the molecule is CC(C)CCC[C@@H](C)[C@H]1CCC2C3CC=C4CC(O)(NCCCNP(=O)(O)Cc5ncc[nH]5)CC[C@]4(C)C3CC[C@@]21C. The molecule has 1 heterocycles. The summed E-state index contributed by atoms with van der Waals surface area (Å²) < 4.78 is 12.4. The number of aromatic amines is 1. The van der Waals surface area contributed by atoms with Crippen LogP contribution in [-0.4, -0.2) is 38.8 Å². The summed E-state index contributed by atoms with van der Waals surface area (Å²) >= 11 is 0. The van der Waals surface area contributed by atoms with Gasteiger partial charge in [-0.3, -0.25) is 9.88 Å². The molecule has 3 fully saturated rings. The highest BCUT2D eigenvalue weighted by molar-refractivity contribution is 7.55. The van der Waals surface area contributed by atoms with Gasteiger partial charge in [0.1, 0.15) is 11.5 Å². The smallest absolute Gasteiger partial charge is 0.274 e. The predicted molar refractivity (Wildman–Crippen MR) is 171 cm³/mol. The Balaban J connectivity index is 1.14. The van der Waals surface area contributed by atoms with Crippen LogP contribution in [0.1, 0.15) is 117 Å². The molecule has 7 nitrogen and oxygen atoms in total. The molecule has 5 N–H and O–H groups in total. The number of hydrogen-bond acceptors (Lipinski definition) is 4. The Kier molecular flexibility index (Phi) is 9.87. The normalized spacial score (nSPS) is 38.3. The zero-order valence-electron chi connectivity index (χ0n) is 27.0. The highest BCUT2D eigenvalue weighted by Crippen LogP contribution is 2.67. The quantitative estimate of drug-likeness (QED) is 0.0697. The molecule has 0 saturated heterocycles. The number of aromatic nitrogens is 2. The van der Waals surface area contributed by atoms with Gasteiger partial charge in [-0.15, -0.1) is 0 Å². The first-order valence-corrected chi connectivity index (χ1v) is 18.9. The van der Waals surface area contributed by atoms with E-state index in [0.29, 0.717) is 37.2 Å². The molecule has 0 amide bonds. The highest BCUT2D eigenvalue weighted by Gasteiger charge is 2.59. The Labute approximate surface area is 255 Å². The molecule has 1 aromatic rings. The molecule has 5 rings (SSSR count). The van der Waals surface area contributed by atoms with Crippen molar-refractivity contribution >= 4 is 7.52 Å². The molecular formula is C34H59N4O3P. The Bertz CT molecular complexity index is 1120. The van der Waals surface area contributed by atoms with Crippen molar-refractivity contribution in [3.63, 3.8) is 0 Å². The maximum absolute atomic E-state index is 12.4. The highest BCUT2D eigenvalue weighted by atomic mass is 31.2. The summed E-state index contributed by atoms with van der Waals surface area (Å²) in [6, 6.07) is 0. The van der Waals surface area contributed by atoms with Crippen molar-refractivity contribution in [2.24, 2.45) is 46.3 Å². The van der Waals surface area contributed by atoms with E-state index in [4.69, 9.17) is 0 Å². The summed E-state index contributed by atoms with van der Waals surface area (Å²) in [6.07, 6.45) is 19.8. The number of nitrogens with zero attached hydrogens (tertiary/aromatic N) is 1. The molecule has 238 valence electrons. The Morgan fingerprint density at radius 3 is 2.62 bits per heavy atom. The third-order valence-corrected chi connectivity index (χ3v) is 13.9. The van der Waals surface area contributed by atoms with Crippen LogP contribution in [0.3, 0.4) is 0 Å². The van der Waals surface area contributed by atoms with Crippen molar-refractivity contribution in [3.8, 4) is 0 Å². The second-order valence-corrected chi connectivity index (χ2v) is 17.6. The minimum atomic E-state index is -3.49. The van der Waals surface area contributed by atoms with Gasteiger partial charge in [-0.05, 0) is 104 Å². The minimum Gasteiger partial charge on any atom is -0.376 e. The van der Waals surface area contributed by atoms with Gasteiger partial charge in [0, 0.05) is 25.4 Å². The van der Waals surface area contributed by atoms with Gasteiger partial charge in [-0.25, -0.2) is 10.1 Å². The number of allylic oxidation sites excluding steroid dienone is 1.